The van der Waals surface area contributed by atoms with Gasteiger partial charge in [0.1, 0.15) is 11.9 Å². The Morgan fingerprint density at radius 2 is 1.66 bits per heavy atom. The van der Waals surface area contributed by atoms with Crippen LogP contribution in [-0.2, 0) is 16.0 Å². The number of aromatic nitrogens is 2. The molecule has 1 aromatic carbocycles. The number of nitrogens with zero attached hydrogens (tertiary/aromatic N) is 1. The summed E-state index contributed by atoms with van der Waals surface area (Å²) in [5.74, 6) is -3.52. The van der Waals surface area contributed by atoms with Gasteiger partial charge in [0.05, 0.1) is 5.56 Å². The Hall–Kier alpha value is -4.22. The maximum atomic E-state index is 12.4. The van der Waals surface area contributed by atoms with Gasteiger partial charge < -0.3 is 27.0 Å². The van der Waals surface area contributed by atoms with Crippen molar-refractivity contribution in [2.75, 3.05) is 11.5 Å². The molecule has 1 amide bonds. The van der Waals surface area contributed by atoms with E-state index in [1.807, 2.05) is 0 Å². The van der Waals surface area contributed by atoms with Crippen LogP contribution in [0.4, 0.5) is 11.8 Å². The van der Waals surface area contributed by atoms with Crippen LogP contribution in [0.1, 0.15) is 52.0 Å². The number of benzene rings is 1. The number of aliphatic carboxylic acids is 2. The number of Topliss-reactive ketones (excluding diaryl/α,β-unsaturated/α-hetero) is 1. The highest BCUT2D eigenvalue weighted by molar-refractivity contribution is 5.99. The van der Waals surface area contributed by atoms with Gasteiger partial charge in [-0.25, -0.2) is 4.79 Å². The fourth-order valence-electron chi connectivity index (χ4n) is 2.92. The lowest BCUT2D eigenvalue weighted by Crippen LogP contribution is -2.41. The fraction of sp³-hybridized carbons (Fsp3) is 0.300. The molecule has 0 saturated carbocycles. The van der Waals surface area contributed by atoms with E-state index < -0.39 is 35.9 Å². The van der Waals surface area contributed by atoms with Gasteiger partial charge in [-0.1, -0.05) is 12.1 Å². The predicted octanol–water partition coefficient (Wildman–Crippen LogP) is 0.188. The number of H-pyrrole nitrogens is 1. The van der Waals surface area contributed by atoms with Gasteiger partial charge in [0.15, 0.2) is 5.78 Å². The van der Waals surface area contributed by atoms with E-state index in [-0.39, 0.29) is 47.9 Å². The maximum Gasteiger partial charge on any atom is 0.326 e. The van der Waals surface area contributed by atoms with Crippen LogP contribution >= 0.6 is 0 Å². The molecule has 1 heterocycles. The van der Waals surface area contributed by atoms with Crippen molar-refractivity contribution in [2.24, 2.45) is 0 Å². The third-order valence-electron chi connectivity index (χ3n) is 4.62. The van der Waals surface area contributed by atoms with E-state index in [1.54, 1.807) is 0 Å². The van der Waals surface area contributed by atoms with Crippen molar-refractivity contribution < 1.29 is 29.4 Å². The summed E-state index contributed by atoms with van der Waals surface area (Å²) in [4.78, 5) is 64.4. The molecule has 0 saturated heterocycles. The third kappa shape index (κ3) is 6.65. The molecule has 2 rings (SSSR count). The lowest BCUT2D eigenvalue weighted by atomic mass is 10.0. The smallest absolute Gasteiger partial charge is 0.326 e. The van der Waals surface area contributed by atoms with Crippen LogP contribution < -0.4 is 22.3 Å². The van der Waals surface area contributed by atoms with Crippen LogP contribution in [0.15, 0.2) is 29.1 Å². The summed E-state index contributed by atoms with van der Waals surface area (Å²) < 4.78 is 0. The number of hydrogen-bond donors (Lipinski definition) is 6. The first-order chi connectivity index (χ1) is 15.1. The predicted molar refractivity (Wildman–Crippen MR) is 113 cm³/mol. The summed E-state index contributed by atoms with van der Waals surface area (Å²) in [6.07, 6.45) is 0.0149. The van der Waals surface area contributed by atoms with Crippen LogP contribution in [0.25, 0.3) is 0 Å². The number of nitrogens with one attached hydrogen (secondary N) is 2. The summed E-state index contributed by atoms with van der Waals surface area (Å²) >= 11 is 0. The molecule has 0 aliphatic carbocycles. The number of carboxylic acid groups (broad SMARTS) is 2. The molecule has 8 N–H and O–H groups in total. The van der Waals surface area contributed by atoms with Crippen molar-refractivity contribution in [3.63, 3.8) is 0 Å². The van der Waals surface area contributed by atoms with E-state index in [2.05, 4.69) is 15.3 Å². The first-order valence-corrected chi connectivity index (χ1v) is 9.61. The molecule has 12 nitrogen and oxygen atoms in total. The summed E-state index contributed by atoms with van der Waals surface area (Å²) in [6.45, 7) is 0. The Morgan fingerprint density at radius 1 is 1.03 bits per heavy atom. The Morgan fingerprint density at radius 3 is 2.22 bits per heavy atom. The monoisotopic (exact) mass is 445 g/mol. The van der Waals surface area contributed by atoms with E-state index in [0.717, 1.165) is 0 Å². The molecule has 0 aliphatic heterocycles. The summed E-state index contributed by atoms with van der Waals surface area (Å²) in [5, 5.41) is 20.1. The van der Waals surface area contributed by atoms with Crippen molar-refractivity contribution in [3.05, 3.63) is 51.3 Å². The number of amides is 1. The van der Waals surface area contributed by atoms with Crippen LogP contribution in [0.3, 0.4) is 0 Å². The fourth-order valence-corrected chi connectivity index (χ4v) is 2.92. The first-order valence-electron chi connectivity index (χ1n) is 9.61. The van der Waals surface area contributed by atoms with E-state index in [4.69, 9.17) is 21.7 Å². The topological polar surface area (TPSA) is 219 Å². The van der Waals surface area contributed by atoms with Crippen LogP contribution in [0.2, 0.25) is 0 Å². The van der Waals surface area contributed by atoms with Crippen molar-refractivity contribution in [1.29, 1.82) is 0 Å². The standard InChI is InChI=1S/C20H23N5O7/c21-16-12(18(30)25-20(22)24-16)2-1-3-14(26)10-4-6-11(7-5-10)17(29)23-13(19(31)32)8-9-15(27)28/h4-7,13H,1-3,8-9H2,(H,23,29)(H,27,28)(H,31,32)(H5,21,22,24,25,30). The lowest BCUT2D eigenvalue weighted by Gasteiger charge is -2.13. The van der Waals surface area contributed by atoms with Crippen LogP contribution in [-0.4, -0.2) is 49.9 Å². The third-order valence-corrected chi connectivity index (χ3v) is 4.62. The summed E-state index contributed by atoms with van der Waals surface area (Å²) in [7, 11) is 0. The van der Waals surface area contributed by atoms with E-state index in [0.29, 0.717) is 12.0 Å². The largest absolute Gasteiger partial charge is 0.481 e. The average molecular weight is 445 g/mol. The number of carbonyl (C=O) groups is 4. The van der Waals surface area contributed by atoms with E-state index in [1.165, 1.54) is 24.3 Å². The van der Waals surface area contributed by atoms with E-state index >= 15 is 0 Å². The number of nitrogen functional groups attached to an aromatic ring is 2. The second-order valence-electron chi connectivity index (χ2n) is 6.97. The Bertz CT molecular complexity index is 1080. The van der Waals surface area contributed by atoms with Gasteiger partial charge in [-0.3, -0.25) is 24.2 Å². The van der Waals surface area contributed by atoms with E-state index in [9.17, 15) is 24.0 Å². The first kappa shape index (κ1) is 24.1. The summed E-state index contributed by atoms with van der Waals surface area (Å²) in [5.41, 5.74) is 11.3. The molecular weight excluding hydrogens is 422 g/mol. The van der Waals surface area contributed by atoms with Crippen molar-refractivity contribution in [2.45, 2.75) is 38.1 Å². The molecule has 2 aromatic rings. The second kappa shape index (κ2) is 10.7. The molecule has 0 aliphatic rings. The Kier molecular flexibility index (Phi) is 8.04. The number of aromatic amines is 1. The zero-order chi connectivity index (χ0) is 23.8. The van der Waals surface area contributed by atoms with Crippen molar-refractivity contribution in [1.82, 2.24) is 15.3 Å². The van der Waals surface area contributed by atoms with Gasteiger partial charge in [-0.2, -0.15) is 4.98 Å². The molecule has 1 aromatic heterocycles. The number of carboxylic acids is 2. The molecule has 0 bridgehead atoms. The van der Waals surface area contributed by atoms with Crippen LogP contribution in [0.5, 0.6) is 0 Å². The van der Waals surface area contributed by atoms with Crippen molar-refractivity contribution >= 4 is 35.4 Å². The van der Waals surface area contributed by atoms with Gasteiger partial charge in [0, 0.05) is 24.0 Å². The number of nitrogens with two attached hydrogens (primary N) is 2. The second-order valence-corrected chi connectivity index (χ2v) is 6.97. The number of hydrogen-bond acceptors (Lipinski definition) is 8. The minimum Gasteiger partial charge on any atom is -0.481 e. The molecule has 170 valence electrons. The molecule has 1 unspecified atom stereocenters. The molecule has 1 atom stereocenters. The lowest BCUT2D eigenvalue weighted by molar-refractivity contribution is -0.140. The van der Waals surface area contributed by atoms with Gasteiger partial charge in [-0.05, 0) is 31.4 Å². The maximum absolute atomic E-state index is 12.4. The average Bonchev–Trinajstić information content (AvgIpc) is 2.72. The quantitative estimate of drug-likeness (QED) is 0.258. The van der Waals surface area contributed by atoms with Crippen LogP contribution in [0, 0.1) is 0 Å². The Labute approximate surface area is 181 Å². The minimum absolute atomic E-state index is 0.0112. The molecule has 0 spiro atoms. The van der Waals surface area contributed by atoms with Gasteiger partial charge in [0.25, 0.3) is 11.5 Å². The molecular formula is C20H23N5O7. The number of ketones is 1. The Balaban J connectivity index is 1.94. The zero-order valence-electron chi connectivity index (χ0n) is 17.0. The molecule has 0 radical (unpaired) electrons. The number of rotatable bonds is 11. The summed E-state index contributed by atoms with van der Waals surface area (Å²) in [6, 6.07) is 4.24. The molecule has 32 heavy (non-hydrogen) atoms. The normalized spacial score (nSPS) is 11.5. The highest BCUT2D eigenvalue weighted by Gasteiger charge is 2.21. The van der Waals surface area contributed by atoms with Crippen molar-refractivity contribution in [3.8, 4) is 0 Å². The SMILES string of the molecule is Nc1nc(N)c(CCCC(=O)c2ccc(C(=O)NC(CCC(=O)O)C(=O)O)cc2)c(=O)[nH]1. The zero-order valence-corrected chi connectivity index (χ0v) is 17.0. The van der Waals surface area contributed by atoms with Gasteiger partial charge in [0.2, 0.25) is 5.95 Å². The highest BCUT2D eigenvalue weighted by Crippen LogP contribution is 2.12. The number of carbonyl (C=O) groups excluding carboxylic acids is 2. The minimum atomic E-state index is -1.35. The molecule has 12 heteroatoms. The van der Waals surface area contributed by atoms with Gasteiger partial charge in [-0.15, -0.1) is 0 Å². The van der Waals surface area contributed by atoms with Gasteiger partial charge >= 0.3 is 11.9 Å². The number of anilines is 2. The highest BCUT2D eigenvalue weighted by atomic mass is 16.4. The molecule has 0 fully saturated rings.